The number of nitrogens with zero attached hydrogens (tertiary/aromatic N) is 4. The highest BCUT2D eigenvalue weighted by Crippen LogP contribution is 2.30. The average molecular weight is 421 g/mol. The van der Waals surface area contributed by atoms with Gasteiger partial charge in [0.25, 0.3) is 0 Å². The lowest BCUT2D eigenvalue weighted by Crippen LogP contribution is -2.49. The maximum Gasteiger partial charge on any atom is 0.416 e. The number of aromatic nitrogens is 2. The molecule has 0 atom stereocenters. The topological polar surface area (TPSA) is 66.4 Å². The van der Waals surface area contributed by atoms with E-state index >= 15 is 0 Å². The van der Waals surface area contributed by atoms with Crippen LogP contribution in [-0.4, -0.2) is 48.9 Å². The second kappa shape index (κ2) is 7.25. The minimum Gasteiger partial charge on any atom is -0.354 e. The molecule has 0 bridgehead atoms. The fourth-order valence-electron chi connectivity index (χ4n) is 2.80. The van der Waals surface area contributed by atoms with Gasteiger partial charge in [-0.2, -0.15) is 17.5 Å². The smallest absolute Gasteiger partial charge is 0.354 e. The van der Waals surface area contributed by atoms with Crippen LogP contribution in [0.5, 0.6) is 0 Å². The molecule has 1 aromatic heterocycles. The summed E-state index contributed by atoms with van der Waals surface area (Å²) < 4.78 is 64.5. The number of anilines is 1. The van der Waals surface area contributed by atoms with Gasteiger partial charge < -0.3 is 4.90 Å². The van der Waals surface area contributed by atoms with Crippen molar-refractivity contribution in [3.63, 3.8) is 0 Å². The van der Waals surface area contributed by atoms with Crippen LogP contribution in [0.2, 0.25) is 5.15 Å². The van der Waals surface area contributed by atoms with Gasteiger partial charge in [0.1, 0.15) is 16.8 Å². The monoisotopic (exact) mass is 420 g/mol. The summed E-state index contributed by atoms with van der Waals surface area (Å²) in [6, 6.07) is 5.12. The molecule has 0 saturated carbocycles. The molecule has 0 amide bonds. The van der Waals surface area contributed by atoms with Gasteiger partial charge >= 0.3 is 6.18 Å². The molecule has 27 heavy (non-hydrogen) atoms. The first-order valence-electron chi connectivity index (χ1n) is 8.01. The number of alkyl halides is 3. The summed E-state index contributed by atoms with van der Waals surface area (Å²) >= 11 is 5.93. The summed E-state index contributed by atoms with van der Waals surface area (Å²) in [4.78, 5) is 10.0. The number of benzene rings is 1. The second-order valence-electron chi connectivity index (χ2n) is 6.01. The lowest BCUT2D eigenvalue weighted by Gasteiger charge is -2.34. The zero-order chi connectivity index (χ0) is 19.8. The Balaban J connectivity index is 1.73. The molecule has 1 aromatic carbocycles. The fourth-order valence-corrected chi connectivity index (χ4v) is 4.44. The van der Waals surface area contributed by atoms with Crippen molar-refractivity contribution in [3.05, 3.63) is 46.9 Å². The molecule has 1 fully saturated rings. The molecule has 6 nitrogen and oxygen atoms in total. The summed E-state index contributed by atoms with van der Waals surface area (Å²) in [5.74, 6) is 1.12. The molecule has 2 aromatic rings. The zero-order valence-corrected chi connectivity index (χ0v) is 15.8. The van der Waals surface area contributed by atoms with E-state index < -0.39 is 21.8 Å². The van der Waals surface area contributed by atoms with Crippen molar-refractivity contribution in [1.82, 2.24) is 14.3 Å². The summed E-state index contributed by atoms with van der Waals surface area (Å²) in [6.45, 7) is 2.84. The summed E-state index contributed by atoms with van der Waals surface area (Å²) in [5.41, 5.74) is -0.887. The maximum atomic E-state index is 12.7. The quantitative estimate of drug-likeness (QED) is 0.714. The van der Waals surface area contributed by atoms with Gasteiger partial charge in [0, 0.05) is 32.2 Å². The number of hydrogen-bond acceptors (Lipinski definition) is 5. The normalized spacial score (nSPS) is 16.6. The first kappa shape index (κ1) is 19.8. The number of sulfonamides is 1. The molecule has 3 rings (SSSR count). The third-order valence-electron chi connectivity index (χ3n) is 4.18. The van der Waals surface area contributed by atoms with E-state index in [0.29, 0.717) is 29.9 Å². The van der Waals surface area contributed by atoms with E-state index in [0.717, 1.165) is 24.3 Å². The van der Waals surface area contributed by atoms with Crippen molar-refractivity contribution in [3.8, 4) is 0 Å². The van der Waals surface area contributed by atoms with Crippen LogP contribution in [0.1, 0.15) is 11.4 Å². The standard InChI is InChI=1S/C16H16ClF3N4O2S/c1-11-21-14(17)10-15(22-11)23-6-8-24(9-7-23)27(25,26)13-4-2-12(3-5-13)16(18,19)20/h2-5,10H,6-9H2,1H3. The van der Waals surface area contributed by atoms with E-state index in [4.69, 9.17) is 11.6 Å². The first-order valence-corrected chi connectivity index (χ1v) is 9.83. The highest BCUT2D eigenvalue weighted by Gasteiger charge is 2.32. The van der Waals surface area contributed by atoms with Crippen LogP contribution in [0, 0.1) is 6.92 Å². The summed E-state index contributed by atoms with van der Waals surface area (Å²) in [6.07, 6.45) is -4.51. The Morgan fingerprint density at radius 2 is 1.63 bits per heavy atom. The largest absolute Gasteiger partial charge is 0.416 e. The molecule has 0 N–H and O–H groups in total. The Hall–Kier alpha value is -1.91. The van der Waals surface area contributed by atoms with Crippen LogP contribution in [-0.2, 0) is 16.2 Å². The highest BCUT2D eigenvalue weighted by molar-refractivity contribution is 7.89. The van der Waals surface area contributed by atoms with Crippen molar-refractivity contribution in [1.29, 1.82) is 0 Å². The van der Waals surface area contributed by atoms with E-state index in [1.165, 1.54) is 4.31 Å². The molecule has 2 heterocycles. The Labute approximate surface area is 159 Å². The molecular weight excluding hydrogens is 405 g/mol. The van der Waals surface area contributed by atoms with Crippen LogP contribution < -0.4 is 4.90 Å². The molecule has 0 radical (unpaired) electrons. The molecule has 0 aliphatic carbocycles. The maximum absolute atomic E-state index is 12.7. The van der Waals surface area contributed by atoms with Crippen molar-refractivity contribution in [2.24, 2.45) is 0 Å². The zero-order valence-electron chi connectivity index (χ0n) is 14.2. The Bertz CT molecular complexity index is 907. The third-order valence-corrected chi connectivity index (χ3v) is 6.28. The fraction of sp³-hybridized carbons (Fsp3) is 0.375. The van der Waals surface area contributed by atoms with Crippen molar-refractivity contribution >= 4 is 27.4 Å². The number of hydrogen-bond donors (Lipinski definition) is 0. The van der Waals surface area contributed by atoms with Gasteiger partial charge in [-0.3, -0.25) is 0 Å². The Morgan fingerprint density at radius 3 is 2.15 bits per heavy atom. The predicted molar refractivity (Wildman–Crippen MR) is 94.2 cm³/mol. The second-order valence-corrected chi connectivity index (χ2v) is 8.33. The van der Waals surface area contributed by atoms with Gasteiger partial charge in [0.2, 0.25) is 10.0 Å². The Morgan fingerprint density at radius 1 is 1.04 bits per heavy atom. The van der Waals surface area contributed by atoms with Crippen molar-refractivity contribution in [2.75, 3.05) is 31.1 Å². The van der Waals surface area contributed by atoms with E-state index in [9.17, 15) is 21.6 Å². The predicted octanol–water partition coefficient (Wildman–Crippen LogP) is 2.97. The molecule has 0 unspecified atom stereocenters. The molecular formula is C16H16ClF3N4O2S. The van der Waals surface area contributed by atoms with Crippen LogP contribution in [0.15, 0.2) is 35.2 Å². The average Bonchev–Trinajstić information content (AvgIpc) is 2.60. The van der Waals surface area contributed by atoms with E-state index in [2.05, 4.69) is 9.97 Å². The molecule has 1 saturated heterocycles. The van der Waals surface area contributed by atoms with E-state index in [1.807, 2.05) is 4.90 Å². The number of piperazine rings is 1. The SMILES string of the molecule is Cc1nc(Cl)cc(N2CCN(S(=O)(=O)c3ccc(C(F)(F)F)cc3)CC2)n1. The summed E-state index contributed by atoms with van der Waals surface area (Å²) in [5, 5.41) is 0.303. The van der Waals surface area contributed by atoms with Crippen molar-refractivity contribution < 1.29 is 21.6 Å². The van der Waals surface area contributed by atoms with Crippen LogP contribution in [0.4, 0.5) is 19.0 Å². The van der Waals surface area contributed by atoms with Gasteiger partial charge in [-0.05, 0) is 31.2 Å². The van der Waals surface area contributed by atoms with Crippen molar-refractivity contribution in [2.45, 2.75) is 18.0 Å². The van der Waals surface area contributed by atoms with Gasteiger partial charge in [0.05, 0.1) is 10.5 Å². The first-order chi connectivity index (χ1) is 12.6. The van der Waals surface area contributed by atoms with Gasteiger partial charge in [0.15, 0.2) is 0 Å². The van der Waals surface area contributed by atoms with E-state index in [-0.39, 0.29) is 18.0 Å². The summed E-state index contributed by atoms with van der Waals surface area (Å²) in [7, 11) is -3.87. The van der Waals surface area contributed by atoms with E-state index in [1.54, 1.807) is 13.0 Å². The van der Waals surface area contributed by atoms with Crippen LogP contribution in [0.25, 0.3) is 0 Å². The number of rotatable bonds is 3. The Kier molecular flexibility index (Phi) is 5.33. The lowest BCUT2D eigenvalue weighted by molar-refractivity contribution is -0.137. The van der Waals surface area contributed by atoms with Crippen LogP contribution in [0.3, 0.4) is 0 Å². The van der Waals surface area contributed by atoms with Gasteiger partial charge in [-0.1, -0.05) is 11.6 Å². The molecule has 146 valence electrons. The minimum absolute atomic E-state index is 0.162. The minimum atomic E-state index is -4.51. The van der Waals surface area contributed by atoms with Gasteiger partial charge in [-0.15, -0.1) is 0 Å². The molecule has 0 spiro atoms. The lowest BCUT2D eigenvalue weighted by atomic mass is 10.2. The van der Waals surface area contributed by atoms with Crippen LogP contribution >= 0.6 is 11.6 Å². The van der Waals surface area contributed by atoms with Gasteiger partial charge in [-0.25, -0.2) is 18.4 Å². The molecule has 11 heteroatoms. The highest BCUT2D eigenvalue weighted by atomic mass is 35.5. The molecule has 1 aliphatic rings. The molecule has 1 aliphatic heterocycles. The third kappa shape index (κ3) is 4.33. The number of aryl methyl sites for hydroxylation is 1. The number of halogens is 4.